The lowest BCUT2D eigenvalue weighted by atomic mass is 9.95. The van der Waals surface area contributed by atoms with E-state index in [2.05, 4.69) is 4.40 Å². The average Bonchev–Trinajstić information content (AvgIpc) is 2.91. The lowest BCUT2D eigenvalue weighted by Gasteiger charge is -2.19. The lowest BCUT2D eigenvalue weighted by molar-refractivity contribution is -0.357. The van der Waals surface area contributed by atoms with Gasteiger partial charge in [-0.2, -0.15) is 12.8 Å². The third kappa shape index (κ3) is 4.70. The van der Waals surface area contributed by atoms with Crippen LogP contribution in [0.2, 0.25) is 5.02 Å². The van der Waals surface area contributed by atoms with Gasteiger partial charge in [0.1, 0.15) is 5.04 Å². The molecule has 3 rings (SSSR count). The van der Waals surface area contributed by atoms with Gasteiger partial charge in [-0.1, -0.05) is 43.1 Å². The highest BCUT2D eigenvalue weighted by Gasteiger charge is 2.30. The monoisotopic (exact) mass is 426 g/mol. The van der Waals surface area contributed by atoms with Crippen LogP contribution in [0.5, 0.6) is 0 Å². The van der Waals surface area contributed by atoms with Crippen molar-refractivity contribution in [3.05, 3.63) is 51.3 Å². The van der Waals surface area contributed by atoms with Crippen molar-refractivity contribution >= 4 is 38.4 Å². The number of hydrogen-bond acceptors (Lipinski definition) is 5. The highest BCUT2D eigenvalue weighted by atomic mass is 35.5. The molecule has 146 valence electrons. The van der Waals surface area contributed by atoms with Gasteiger partial charge >= 0.3 is 0 Å². The Labute approximate surface area is 169 Å². The number of benzene rings is 1. The molecule has 0 amide bonds. The van der Waals surface area contributed by atoms with E-state index in [1.165, 1.54) is 36.0 Å². The van der Waals surface area contributed by atoms with Crippen LogP contribution in [0.1, 0.15) is 45.4 Å². The number of rotatable bonds is 4. The summed E-state index contributed by atoms with van der Waals surface area (Å²) in [6.45, 7) is 1.96. The fourth-order valence-electron chi connectivity index (χ4n) is 3.15. The molecule has 0 fully saturated rings. The van der Waals surface area contributed by atoms with E-state index in [1.54, 1.807) is 6.92 Å². The SMILES string of the molecule is CCOC([O-])=C1C(=NS(=O)(=O)c2ccc(Cl)cc2)SC2=C1CCCCCC2. The van der Waals surface area contributed by atoms with Crippen LogP contribution in [0.25, 0.3) is 0 Å². The van der Waals surface area contributed by atoms with Gasteiger partial charge in [0.25, 0.3) is 10.0 Å². The van der Waals surface area contributed by atoms with E-state index in [1.807, 2.05) is 0 Å². The number of hydrogen-bond donors (Lipinski definition) is 0. The van der Waals surface area contributed by atoms with Crippen molar-refractivity contribution in [2.24, 2.45) is 4.40 Å². The van der Waals surface area contributed by atoms with Gasteiger partial charge in [-0.25, -0.2) is 0 Å². The number of halogens is 1. The summed E-state index contributed by atoms with van der Waals surface area (Å²) in [5.41, 5.74) is 1.22. The van der Waals surface area contributed by atoms with E-state index in [0.717, 1.165) is 49.0 Å². The van der Waals surface area contributed by atoms with Crippen LogP contribution < -0.4 is 5.11 Å². The van der Waals surface area contributed by atoms with Crippen molar-refractivity contribution in [3.63, 3.8) is 0 Å². The summed E-state index contributed by atoms with van der Waals surface area (Å²) in [6.07, 6.45) is 5.83. The summed E-state index contributed by atoms with van der Waals surface area (Å²) >= 11 is 7.13. The zero-order valence-corrected chi connectivity index (χ0v) is 17.4. The minimum atomic E-state index is -3.95. The van der Waals surface area contributed by atoms with E-state index < -0.39 is 16.0 Å². The molecule has 1 aromatic carbocycles. The fourth-order valence-corrected chi connectivity index (χ4v) is 5.73. The van der Waals surface area contributed by atoms with Gasteiger partial charge in [-0.05, 0) is 67.0 Å². The summed E-state index contributed by atoms with van der Waals surface area (Å²) < 4.78 is 34.7. The molecule has 0 spiro atoms. The highest BCUT2D eigenvalue weighted by molar-refractivity contribution is 8.18. The van der Waals surface area contributed by atoms with Crippen LogP contribution in [-0.2, 0) is 14.8 Å². The normalized spacial score (nSPS) is 21.6. The Morgan fingerprint density at radius 2 is 1.85 bits per heavy atom. The molecule has 0 N–H and O–H groups in total. The van der Waals surface area contributed by atoms with E-state index in [9.17, 15) is 13.5 Å². The lowest BCUT2D eigenvalue weighted by Crippen LogP contribution is -2.16. The molecule has 0 aromatic heterocycles. The van der Waals surface area contributed by atoms with Crippen LogP contribution in [0, 0.1) is 0 Å². The van der Waals surface area contributed by atoms with Crippen LogP contribution in [0.3, 0.4) is 0 Å². The maximum atomic E-state index is 12.7. The molecule has 0 atom stereocenters. The molecule has 0 saturated heterocycles. The molecule has 5 nitrogen and oxygen atoms in total. The first-order valence-electron chi connectivity index (χ1n) is 8.97. The molecule has 1 aliphatic carbocycles. The second-order valence-electron chi connectivity index (χ2n) is 6.34. The maximum absolute atomic E-state index is 12.7. The molecule has 0 unspecified atom stereocenters. The topological polar surface area (TPSA) is 78.8 Å². The van der Waals surface area contributed by atoms with E-state index in [0.29, 0.717) is 10.6 Å². The van der Waals surface area contributed by atoms with Crippen LogP contribution in [0.4, 0.5) is 0 Å². The molecule has 1 aromatic rings. The summed E-state index contributed by atoms with van der Waals surface area (Å²) in [5, 5.41) is 13.2. The maximum Gasteiger partial charge on any atom is 0.283 e. The molecule has 0 radical (unpaired) electrons. The van der Waals surface area contributed by atoms with Crippen molar-refractivity contribution in [2.75, 3.05) is 6.61 Å². The molecule has 0 bridgehead atoms. The number of sulfonamides is 1. The largest absolute Gasteiger partial charge is 0.613 e. The molecule has 1 aliphatic heterocycles. The molecule has 27 heavy (non-hydrogen) atoms. The first kappa shape index (κ1) is 20.3. The van der Waals surface area contributed by atoms with Crippen LogP contribution in [0.15, 0.2) is 55.6 Å². The molecular formula is C19H21ClNO4S2-. The quantitative estimate of drug-likeness (QED) is 0.667. The molecule has 0 saturated carbocycles. The second kappa shape index (κ2) is 8.71. The van der Waals surface area contributed by atoms with Gasteiger partial charge in [0, 0.05) is 10.6 Å². The molecular weight excluding hydrogens is 406 g/mol. The Morgan fingerprint density at radius 1 is 1.19 bits per heavy atom. The minimum Gasteiger partial charge on any atom is -0.613 e. The van der Waals surface area contributed by atoms with Crippen molar-refractivity contribution in [1.82, 2.24) is 0 Å². The van der Waals surface area contributed by atoms with Crippen LogP contribution >= 0.6 is 23.4 Å². The summed E-state index contributed by atoms with van der Waals surface area (Å²) in [5.74, 6) is -0.499. The Morgan fingerprint density at radius 3 is 2.52 bits per heavy atom. The second-order valence-corrected chi connectivity index (χ2v) is 9.46. The third-order valence-electron chi connectivity index (χ3n) is 4.45. The number of allylic oxidation sites excluding steroid dienone is 2. The first-order chi connectivity index (χ1) is 12.9. The Bertz CT molecular complexity index is 902. The van der Waals surface area contributed by atoms with Crippen molar-refractivity contribution < 1.29 is 18.3 Å². The average molecular weight is 427 g/mol. The van der Waals surface area contributed by atoms with Gasteiger partial charge in [-0.3, -0.25) is 0 Å². The standard InChI is InChI=1S/C19H22ClNO4S2/c1-2-25-19(22)17-15-7-5-3-4-6-8-16(15)26-18(17)21-27(23,24)14-11-9-13(20)10-12-14/h9-12,22H,2-8H2,1H3/p-1. The van der Waals surface area contributed by atoms with Crippen molar-refractivity contribution in [2.45, 2.75) is 50.3 Å². The van der Waals surface area contributed by atoms with E-state index in [4.69, 9.17) is 16.3 Å². The number of nitrogens with zero attached hydrogens (tertiary/aromatic N) is 1. The summed E-state index contributed by atoms with van der Waals surface area (Å²) in [7, 11) is -3.95. The zero-order valence-electron chi connectivity index (χ0n) is 15.0. The zero-order chi connectivity index (χ0) is 19.4. The van der Waals surface area contributed by atoms with Gasteiger partial charge < -0.3 is 9.84 Å². The van der Waals surface area contributed by atoms with Gasteiger partial charge in [0.05, 0.1) is 10.8 Å². The predicted molar refractivity (Wildman–Crippen MR) is 107 cm³/mol. The Balaban J connectivity index is 2.04. The van der Waals surface area contributed by atoms with Crippen molar-refractivity contribution in [1.29, 1.82) is 0 Å². The Hall–Kier alpha value is -1.44. The Kier molecular flexibility index (Phi) is 6.55. The van der Waals surface area contributed by atoms with Gasteiger partial charge in [-0.15, -0.1) is 0 Å². The third-order valence-corrected chi connectivity index (χ3v) is 7.29. The van der Waals surface area contributed by atoms with Gasteiger partial charge in [0.15, 0.2) is 0 Å². The first-order valence-corrected chi connectivity index (χ1v) is 11.6. The smallest absolute Gasteiger partial charge is 0.283 e. The minimum absolute atomic E-state index is 0.0440. The number of thioether (sulfide) groups is 1. The fraction of sp³-hybridized carbons (Fsp3) is 0.421. The van der Waals surface area contributed by atoms with Crippen LogP contribution in [-0.4, -0.2) is 20.1 Å². The highest BCUT2D eigenvalue weighted by Crippen LogP contribution is 2.45. The molecule has 1 heterocycles. The predicted octanol–water partition coefficient (Wildman–Crippen LogP) is 4.39. The van der Waals surface area contributed by atoms with Crippen molar-refractivity contribution in [3.8, 4) is 0 Å². The summed E-state index contributed by atoms with van der Waals surface area (Å²) in [6, 6.07) is 5.83. The molecule has 2 aliphatic rings. The summed E-state index contributed by atoms with van der Waals surface area (Å²) in [4.78, 5) is 1.09. The van der Waals surface area contributed by atoms with Gasteiger partial charge in [0.2, 0.25) is 0 Å². The van der Waals surface area contributed by atoms with E-state index in [-0.39, 0.29) is 16.5 Å². The number of ether oxygens (including phenoxy) is 1. The molecule has 8 heteroatoms. The van der Waals surface area contributed by atoms with E-state index >= 15 is 0 Å².